The average molecular weight is 611 g/mol. The summed E-state index contributed by atoms with van der Waals surface area (Å²) in [5.74, 6) is 4.00. The van der Waals surface area contributed by atoms with Gasteiger partial charge in [0.15, 0.2) is 0 Å². The van der Waals surface area contributed by atoms with E-state index in [0.29, 0.717) is 23.7 Å². The highest BCUT2D eigenvalue weighted by Crippen LogP contribution is 2.54. The number of allylic oxidation sites excluding steroid dienone is 2. The van der Waals surface area contributed by atoms with Crippen LogP contribution in [0.1, 0.15) is 62.5 Å². The number of rotatable bonds is 0. The van der Waals surface area contributed by atoms with Crippen molar-refractivity contribution >= 4 is 21.5 Å². The Bertz CT molecular complexity index is 2100. The largest absolute Gasteiger partial charge is 0.457 e. The van der Waals surface area contributed by atoms with Crippen LogP contribution in [0.25, 0.3) is 54.9 Å². The lowest BCUT2D eigenvalue weighted by molar-refractivity contribution is 0.125. The van der Waals surface area contributed by atoms with Gasteiger partial charge in [-0.05, 0) is 117 Å². The monoisotopic (exact) mass is 610 g/mol. The van der Waals surface area contributed by atoms with E-state index in [1.165, 1.54) is 80.6 Å². The molecule has 4 unspecified atom stereocenters. The zero-order chi connectivity index (χ0) is 31.2. The first kappa shape index (κ1) is 27.3. The lowest BCUT2D eigenvalue weighted by Crippen LogP contribution is -2.28. The van der Waals surface area contributed by atoms with Gasteiger partial charge in [-0.25, -0.2) is 0 Å². The van der Waals surface area contributed by atoms with Crippen molar-refractivity contribution < 1.29 is 9.47 Å². The standard InChI is InChI=1S/C45H38O2/c1-26-3-19-36-30-9-5-28(6-10-30)34-15-13-32-17-21-40-44(38(32)23-34)45-39-24-35(16-14-33(39)18-22-41(45)47-25-46-40)29-7-11-31(12-8-29)37-20-4-27(2)42(26)43(36)37/h5-18,21-24,26-27,36-37H,3-4,19-20,25H2,1-2H3. The first-order valence-corrected chi connectivity index (χ1v) is 17.4. The molecule has 4 atom stereocenters. The summed E-state index contributed by atoms with van der Waals surface area (Å²) >= 11 is 0. The minimum absolute atomic E-state index is 0.192. The maximum Gasteiger partial charge on any atom is 0.230 e. The molecular weight excluding hydrogens is 572 g/mol. The Kier molecular flexibility index (Phi) is 6.01. The van der Waals surface area contributed by atoms with Crippen molar-refractivity contribution in [3.8, 4) is 44.9 Å². The van der Waals surface area contributed by atoms with Crippen molar-refractivity contribution in [1.82, 2.24) is 0 Å². The van der Waals surface area contributed by atoms with Crippen LogP contribution >= 0.6 is 0 Å². The molecule has 47 heavy (non-hydrogen) atoms. The van der Waals surface area contributed by atoms with E-state index in [1.54, 1.807) is 11.1 Å². The van der Waals surface area contributed by atoms with Gasteiger partial charge in [0.1, 0.15) is 11.5 Å². The molecule has 12 rings (SSSR count). The van der Waals surface area contributed by atoms with Crippen LogP contribution in [0.2, 0.25) is 0 Å². The summed E-state index contributed by atoms with van der Waals surface area (Å²) in [5.41, 5.74) is 13.6. The third-order valence-corrected chi connectivity index (χ3v) is 11.9. The summed E-state index contributed by atoms with van der Waals surface area (Å²) in [4.78, 5) is 0. The number of fused-ring (bicyclic) bond motifs is 2. The Morgan fingerprint density at radius 1 is 0.447 bits per heavy atom. The van der Waals surface area contributed by atoms with Crippen molar-refractivity contribution in [3.63, 3.8) is 0 Å². The fraction of sp³-hybridized carbons (Fsp3) is 0.244. The molecule has 0 saturated heterocycles. The molecule has 0 spiro atoms. The molecule has 6 aliphatic rings. The van der Waals surface area contributed by atoms with Crippen molar-refractivity contribution in [3.05, 3.63) is 131 Å². The van der Waals surface area contributed by atoms with Gasteiger partial charge in [-0.1, -0.05) is 110 Å². The number of hydrogen-bond donors (Lipinski definition) is 0. The second-order valence-corrected chi connectivity index (χ2v) is 14.4. The van der Waals surface area contributed by atoms with Gasteiger partial charge in [0.2, 0.25) is 6.79 Å². The molecule has 1 aliphatic heterocycles. The van der Waals surface area contributed by atoms with E-state index < -0.39 is 0 Å². The summed E-state index contributed by atoms with van der Waals surface area (Å²) in [7, 11) is 0. The van der Waals surface area contributed by atoms with Gasteiger partial charge >= 0.3 is 0 Å². The summed E-state index contributed by atoms with van der Waals surface area (Å²) < 4.78 is 12.5. The first-order chi connectivity index (χ1) is 23.1. The SMILES string of the molecule is CC1CCC2C3=C1C(C)CCC3c1ccc(cc1)-c1ccc3ccc4c(c3c1)-c1c(ccc3ccc(cc13)-c1ccc2cc1)OCO4. The van der Waals surface area contributed by atoms with Crippen molar-refractivity contribution in [1.29, 1.82) is 0 Å². The molecule has 2 nitrogen and oxygen atoms in total. The Hall–Kier alpha value is -4.82. The van der Waals surface area contributed by atoms with Gasteiger partial charge in [-0.3, -0.25) is 0 Å². The highest BCUT2D eigenvalue weighted by atomic mass is 16.7. The number of hydrogen-bond acceptors (Lipinski definition) is 2. The van der Waals surface area contributed by atoms with E-state index in [-0.39, 0.29) is 6.79 Å². The van der Waals surface area contributed by atoms with E-state index in [0.717, 1.165) is 22.6 Å². The predicted molar refractivity (Wildman–Crippen MR) is 193 cm³/mol. The Morgan fingerprint density at radius 2 is 0.872 bits per heavy atom. The molecule has 2 heteroatoms. The molecule has 0 aromatic heterocycles. The fourth-order valence-corrected chi connectivity index (χ4v) is 9.53. The zero-order valence-corrected chi connectivity index (χ0v) is 27.1. The smallest absolute Gasteiger partial charge is 0.230 e. The molecule has 1 heterocycles. The minimum Gasteiger partial charge on any atom is -0.457 e. The van der Waals surface area contributed by atoms with Gasteiger partial charge in [-0.2, -0.15) is 0 Å². The molecule has 0 saturated carbocycles. The number of benzene rings is 6. The third-order valence-electron chi connectivity index (χ3n) is 11.9. The van der Waals surface area contributed by atoms with Gasteiger partial charge in [0, 0.05) is 23.0 Å². The average Bonchev–Trinajstić information content (AvgIpc) is 3.31. The second-order valence-electron chi connectivity index (χ2n) is 14.4. The lowest BCUT2D eigenvalue weighted by Gasteiger charge is -2.43. The third kappa shape index (κ3) is 4.17. The predicted octanol–water partition coefficient (Wildman–Crippen LogP) is 12.1. The van der Waals surface area contributed by atoms with Crippen molar-refractivity contribution in [2.45, 2.75) is 51.4 Å². The maximum absolute atomic E-state index is 6.27. The summed E-state index contributed by atoms with van der Waals surface area (Å²) in [6.45, 7) is 5.15. The molecule has 230 valence electrons. The van der Waals surface area contributed by atoms with Crippen LogP contribution in [0.5, 0.6) is 11.5 Å². The quantitative estimate of drug-likeness (QED) is 0.159. The Balaban J connectivity index is 1.28. The second kappa shape index (κ2) is 10.3. The molecule has 0 radical (unpaired) electrons. The zero-order valence-electron chi connectivity index (χ0n) is 27.1. The summed E-state index contributed by atoms with van der Waals surface area (Å²) in [6, 6.07) is 41.5. The van der Waals surface area contributed by atoms with E-state index in [2.05, 4.69) is 123 Å². The Labute approximate surface area is 276 Å². The molecule has 0 N–H and O–H groups in total. The molecule has 5 aliphatic carbocycles. The van der Waals surface area contributed by atoms with Crippen molar-refractivity contribution in [2.75, 3.05) is 6.79 Å². The van der Waals surface area contributed by atoms with Crippen LogP contribution in [0, 0.1) is 11.8 Å². The van der Waals surface area contributed by atoms with Gasteiger partial charge in [-0.15, -0.1) is 0 Å². The van der Waals surface area contributed by atoms with Crippen molar-refractivity contribution in [2.24, 2.45) is 11.8 Å². The van der Waals surface area contributed by atoms with Gasteiger partial charge in [0.05, 0.1) is 0 Å². The van der Waals surface area contributed by atoms with Gasteiger partial charge < -0.3 is 9.47 Å². The highest BCUT2D eigenvalue weighted by Gasteiger charge is 2.38. The van der Waals surface area contributed by atoms with E-state index >= 15 is 0 Å². The molecular formula is C45H38O2. The van der Waals surface area contributed by atoms with Crippen LogP contribution in [-0.2, 0) is 0 Å². The van der Waals surface area contributed by atoms with E-state index in [1.807, 2.05) is 0 Å². The van der Waals surface area contributed by atoms with E-state index in [9.17, 15) is 0 Å². The fourth-order valence-electron chi connectivity index (χ4n) is 9.53. The van der Waals surface area contributed by atoms with Crippen LogP contribution in [0.3, 0.4) is 0 Å². The normalized spacial score (nSPS) is 22.5. The van der Waals surface area contributed by atoms with Crippen LogP contribution < -0.4 is 9.47 Å². The molecule has 0 amide bonds. The molecule has 0 fully saturated rings. The molecule has 6 aromatic carbocycles. The minimum atomic E-state index is 0.192. The lowest BCUT2D eigenvalue weighted by atomic mass is 9.61. The maximum atomic E-state index is 6.27. The highest BCUT2D eigenvalue weighted by molar-refractivity contribution is 6.11. The van der Waals surface area contributed by atoms with Gasteiger partial charge in [0.25, 0.3) is 0 Å². The van der Waals surface area contributed by atoms with Crippen LogP contribution in [0.15, 0.2) is 120 Å². The first-order valence-electron chi connectivity index (χ1n) is 17.4. The van der Waals surface area contributed by atoms with Crippen LogP contribution in [0.4, 0.5) is 0 Å². The Morgan fingerprint density at radius 3 is 1.34 bits per heavy atom. The summed E-state index contributed by atoms with van der Waals surface area (Å²) in [5, 5.41) is 4.77. The summed E-state index contributed by atoms with van der Waals surface area (Å²) in [6.07, 6.45) is 5.00. The number of ether oxygens (including phenoxy) is 2. The van der Waals surface area contributed by atoms with E-state index in [4.69, 9.17) is 9.47 Å². The van der Waals surface area contributed by atoms with Crippen LogP contribution in [-0.4, -0.2) is 6.79 Å². The molecule has 8 bridgehead atoms. The topological polar surface area (TPSA) is 18.5 Å². The molecule has 6 aromatic rings.